The van der Waals surface area contributed by atoms with E-state index >= 15 is 0 Å². The molecule has 1 saturated heterocycles. The monoisotopic (exact) mass is 516 g/mol. The van der Waals surface area contributed by atoms with Crippen LogP contribution in [0.4, 0.5) is 18.9 Å². The summed E-state index contributed by atoms with van der Waals surface area (Å²) in [6, 6.07) is 2.24. The number of ketones is 1. The molecular formula is C22H24ClF3N4O5. The van der Waals surface area contributed by atoms with Crippen molar-refractivity contribution in [3.05, 3.63) is 28.8 Å². The molecule has 2 unspecified atom stereocenters. The maximum absolute atomic E-state index is 13.1. The van der Waals surface area contributed by atoms with Gasteiger partial charge in [0.25, 0.3) is 11.8 Å². The first kappa shape index (κ1) is 26.5. The fourth-order valence-electron chi connectivity index (χ4n) is 4.08. The van der Waals surface area contributed by atoms with Crippen molar-refractivity contribution in [2.24, 2.45) is 17.8 Å². The summed E-state index contributed by atoms with van der Waals surface area (Å²) in [5.41, 5.74) is -0.322. The molecule has 0 aromatic heterocycles. The van der Waals surface area contributed by atoms with Crippen molar-refractivity contribution in [2.45, 2.75) is 44.4 Å². The molecule has 1 aromatic carbocycles. The molecule has 4 amide bonds. The standard InChI is InChI=1S/C22H24ClF3N4O5/c1-9-5-10(18(32)28-9)6-16(17(31)21(35)27-2)30-20(34)13-7-11(23)3-4-15(13)29-19(33)12-8-14(12)22(24,25)26/h3-4,7,9-10,12,14,16H,5-6,8H2,1-2H3,(H,27,35)(H,28,32)(H,29,33)(H,30,34)/t9-,10+,12?,14?,16+/m1/s1. The van der Waals surface area contributed by atoms with Crippen LogP contribution in [0.15, 0.2) is 18.2 Å². The van der Waals surface area contributed by atoms with E-state index in [-0.39, 0.29) is 41.1 Å². The Bertz CT molecular complexity index is 1060. The maximum Gasteiger partial charge on any atom is 0.392 e. The number of likely N-dealkylation sites (N-methyl/N-ethyl adjacent to an activating group) is 1. The molecule has 0 bridgehead atoms. The summed E-state index contributed by atoms with van der Waals surface area (Å²) < 4.78 is 38.5. The van der Waals surface area contributed by atoms with Crippen molar-refractivity contribution in [3.8, 4) is 0 Å². The summed E-state index contributed by atoms with van der Waals surface area (Å²) in [7, 11) is 1.24. The van der Waals surface area contributed by atoms with E-state index in [1.807, 2.05) is 0 Å². The molecule has 0 radical (unpaired) electrons. The van der Waals surface area contributed by atoms with Crippen LogP contribution < -0.4 is 21.3 Å². The number of halogens is 4. The largest absolute Gasteiger partial charge is 0.392 e. The number of Topliss-reactive ketones (excluding diaryl/α,β-unsaturated/α-hetero) is 1. The lowest BCUT2D eigenvalue weighted by Gasteiger charge is -2.20. The number of carbonyl (C=O) groups is 5. The van der Waals surface area contributed by atoms with Gasteiger partial charge >= 0.3 is 6.18 Å². The highest BCUT2D eigenvalue weighted by Crippen LogP contribution is 2.50. The molecule has 1 heterocycles. The van der Waals surface area contributed by atoms with E-state index in [0.717, 1.165) is 0 Å². The molecule has 5 atom stereocenters. The number of rotatable bonds is 8. The lowest BCUT2D eigenvalue weighted by molar-refractivity contribution is -0.153. The van der Waals surface area contributed by atoms with Crippen LogP contribution in [0.25, 0.3) is 0 Å². The van der Waals surface area contributed by atoms with Crippen LogP contribution >= 0.6 is 11.6 Å². The Morgan fingerprint density at radius 1 is 1.20 bits per heavy atom. The minimum Gasteiger partial charge on any atom is -0.353 e. The highest BCUT2D eigenvalue weighted by Gasteiger charge is 2.58. The molecule has 0 spiro atoms. The average molecular weight is 517 g/mol. The quantitative estimate of drug-likeness (QED) is 0.391. The zero-order valence-electron chi connectivity index (χ0n) is 18.8. The summed E-state index contributed by atoms with van der Waals surface area (Å²) >= 11 is 5.97. The Morgan fingerprint density at radius 2 is 1.89 bits per heavy atom. The average Bonchev–Trinajstić information content (AvgIpc) is 3.54. The Labute approximate surface area is 203 Å². The first-order valence-electron chi connectivity index (χ1n) is 10.9. The highest BCUT2D eigenvalue weighted by atomic mass is 35.5. The fourth-order valence-corrected chi connectivity index (χ4v) is 4.25. The van der Waals surface area contributed by atoms with Gasteiger partial charge in [0.05, 0.1) is 29.1 Å². The van der Waals surface area contributed by atoms with Crippen LogP contribution in [0, 0.1) is 17.8 Å². The first-order valence-corrected chi connectivity index (χ1v) is 11.2. The molecule has 13 heteroatoms. The maximum atomic E-state index is 13.1. The van der Waals surface area contributed by atoms with Gasteiger partial charge in [-0.25, -0.2) is 0 Å². The van der Waals surface area contributed by atoms with Gasteiger partial charge in [-0.1, -0.05) is 11.6 Å². The molecule has 9 nitrogen and oxygen atoms in total. The lowest BCUT2D eigenvalue weighted by Crippen LogP contribution is -2.48. The van der Waals surface area contributed by atoms with Gasteiger partial charge in [-0.05, 0) is 44.4 Å². The molecule has 1 aromatic rings. The van der Waals surface area contributed by atoms with Crippen LogP contribution in [0.1, 0.15) is 36.5 Å². The van der Waals surface area contributed by atoms with Gasteiger partial charge in [-0.3, -0.25) is 24.0 Å². The van der Waals surface area contributed by atoms with E-state index in [0.29, 0.717) is 6.42 Å². The molecular weight excluding hydrogens is 493 g/mol. The van der Waals surface area contributed by atoms with Crippen LogP contribution in [0.2, 0.25) is 5.02 Å². The third-order valence-corrected chi connectivity index (χ3v) is 6.26. The normalized spacial score (nSPS) is 24.2. The molecule has 1 saturated carbocycles. The number of hydrogen-bond donors (Lipinski definition) is 4. The van der Waals surface area contributed by atoms with Crippen molar-refractivity contribution in [1.82, 2.24) is 16.0 Å². The second-order valence-electron chi connectivity index (χ2n) is 8.72. The molecule has 35 heavy (non-hydrogen) atoms. The van der Waals surface area contributed by atoms with Gasteiger partial charge in [-0.15, -0.1) is 0 Å². The minimum atomic E-state index is -4.50. The van der Waals surface area contributed by atoms with E-state index in [2.05, 4.69) is 21.3 Å². The van der Waals surface area contributed by atoms with Gasteiger partial charge in [0.1, 0.15) is 0 Å². The summed E-state index contributed by atoms with van der Waals surface area (Å²) in [4.78, 5) is 62.1. The van der Waals surface area contributed by atoms with E-state index in [9.17, 15) is 37.1 Å². The third kappa shape index (κ3) is 6.30. The van der Waals surface area contributed by atoms with E-state index in [4.69, 9.17) is 11.6 Å². The molecule has 1 aliphatic heterocycles. The van der Waals surface area contributed by atoms with Crippen molar-refractivity contribution in [2.75, 3.05) is 12.4 Å². The van der Waals surface area contributed by atoms with Crippen molar-refractivity contribution in [1.29, 1.82) is 0 Å². The smallest absolute Gasteiger partial charge is 0.353 e. The second kappa shape index (κ2) is 10.2. The zero-order valence-corrected chi connectivity index (χ0v) is 19.5. The van der Waals surface area contributed by atoms with Crippen LogP contribution in [-0.2, 0) is 19.2 Å². The van der Waals surface area contributed by atoms with Gasteiger partial charge in [-0.2, -0.15) is 13.2 Å². The topological polar surface area (TPSA) is 133 Å². The number of hydrogen-bond acceptors (Lipinski definition) is 5. The summed E-state index contributed by atoms with van der Waals surface area (Å²) in [5, 5.41) is 9.69. The SMILES string of the molecule is CNC(=O)C(=O)[C@H](C[C@@H]1C[C@@H](C)NC1=O)NC(=O)c1cc(Cl)ccc1NC(=O)C1CC1C(F)(F)F. The van der Waals surface area contributed by atoms with Crippen LogP contribution in [0.5, 0.6) is 0 Å². The molecule has 1 aliphatic carbocycles. The van der Waals surface area contributed by atoms with Crippen molar-refractivity contribution in [3.63, 3.8) is 0 Å². The number of amides is 4. The Balaban J connectivity index is 1.79. The number of carbonyl (C=O) groups excluding carboxylic acids is 5. The van der Waals surface area contributed by atoms with E-state index in [1.54, 1.807) is 6.92 Å². The Hall–Kier alpha value is -3.15. The van der Waals surface area contributed by atoms with Gasteiger partial charge in [0, 0.05) is 24.0 Å². The number of alkyl halides is 3. The molecule has 2 fully saturated rings. The Morgan fingerprint density at radius 3 is 2.43 bits per heavy atom. The predicted octanol–water partition coefficient (Wildman–Crippen LogP) is 1.81. The predicted molar refractivity (Wildman–Crippen MR) is 118 cm³/mol. The molecule has 190 valence electrons. The highest BCUT2D eigenvalue weighted by molar-refractivity contribution is 6.38. The number of benzene rings is 1. The van der Waals surface area contributed by atoms with Gasteiger partial charge < -0.3 is 21.3 Å². The van der Waals surface area contributed by atoms with E-state index < -0.39 is 53.5 Å². The second-order valence-corrected chi connectivity index (χ2v) is 9.15. The van der Waals surface area contributed by atoms with Crippen molar-refractivity contribution < 1.29 is 37.1 Å². The van der Waals surface area contributed by atoms with Gasteiger partial charge in [0.15, 0.2) is 0 Å². The molecule has 4 N–H and O–H groups in total. The van der Waals surface area contributed by atoms with E-state index in [1.165, 1.54) is 25.2 Å². The first-order chi connectivity index (χ1) is 16.3. The number of nitrogens with one attached hydrogen (secondary N) is 4. The van der Waals surface area contributed by atoms with Crippen LogP contribution in [0.3, 0.4) is 0 Å². The molecule has 3 rings (SSSR count). The van der Waals surface area contributed by atoms with Crippen molar-refractivity contribution >= 4 is 46.7 Å². The van der Waals surface area contributed by atoms with Gasteiger partial charge in [0.2, 0.25) is 17.6 Å². The summed E-state index contributed by atoms with van der Waals surface area (Å²) in [5.74, 6) is -7.73. The zero-order chi connectivity index (χ0) is 26.1. The summed E-state index contributed by atoms with van der Waals surface area (Å²) in [6.07, 6.45) is -4.60. The fraction of sp³-hybridized carbons (Fsp3) is 0.500. The lowest BCUT2D eigenvalue weighted by atomic mass is 9.93. The van der Waals surface area contributed by atoms with Crippen LogP contribution in [-0.4, -0.2) is 54.7 Å². The third-order valence-electron chi connectivity index (χ3n) is 6.02. The summed E-state index contributed by atoms with van der Waals surface area (Å²) in [6.45, 7) is 1.77. The molecule has 2 aliphatic rings. The minimum absolute atomic E-state index is 0.0888. The Kier molecular flexibility index (Phi) is 7.73. The number of anilines is 1.